The third-order valence-corrected chi connectivity index (χ3v) is 3.72. The van der Waals surface area contributed by atoms with Gasteiger partial charge in [0.25, 0.3) is 0 Å². The van der Waals surface area contributed by atoms with Gasteiger partial charge in [0.05, 0.1) is 19.3 Å². The van der Waals surface area contributed by atoms with Crippen LogP contribution in [0, 0.1) is 0 Å². The molecular formula is C17H15N7O. The van der Waals surface area contributed by atoms with E-state index in [0.717, 1.165) is 22.6 Å². The van der Waals surface area contributed by atoms with Crippen molar-refractivity contribution >= 4 is 29.4 Å². The van der Waals surface area contributed by atoms with Gasteiger partial charge in [-0.15, -0.1) is 0 Å². The summed E-state index contributed by atoms with van der Waals surface area (Å²) in [7, 11) is 1.64. The zero-order chi connectivity index (χ0) is 17.1. The van der Waals surface area contributed by atoms with E-state index in [-0.39, 0.29) is 0 Å². The Bertz CT molecular complexity index is 928. The van der Waals surface area contributed by atoms with Crippen LogP contribution in [0.25, 0.3) is 0 Å². The highest BCUT2D eigenvalue weighted by atomic mass is 16.5. The van der Waals surface area contributed by atoms with Crippen LogP contribution in [0.15, 0.2) is 48.1 Å². The molecule has 3 heterocycles. The Morgan fingerprint density at radius 1 is 0.960 bits per heavy atom. The number of rotatable bonds is 5. The monoisotopic (exact) mass is 333 g/mol. The average molecular weight is 333 g/mol. The van der Waals surface area contributed by atoms with Gasteiger partial charge in [-0.25, -0.2) is 19.9 Å². The number of aliphatic imine (C=N–C) groups is 1. The third-order valence-electron chi connectivity index (χ3n) is 3.72. The lowest BCUT2D eigenvalue weighted by Crippen LogP contribution is -2.01. The van der Waals surface area contributed by atoms with Gasteiger partial charge in [-0.2, -0.15) is 0 Å². The van der Waals surface area contributed by atoms with Gasteiger partial charge >= 0.3 is 0 Å². The van der Waals surface area contributed by atoms with Gasteiger partial charge in [-0.3, -0.25) is 4.99 Å². The smallest absolute Gasteiger partial charge is 0.142 e. The summed E-state index contributed by atoms with van der Waals surface area (Å²) >= 11 is 0. The number of ether oxygens (including phenoxy) is 1. The van der Waals surface area contributed by atoms with E-state index in [0.29, 0.717) is 24.0 Å². The van der Waals surface area contributed by atoms with Crippen LogP contribution in [-0.2, 0) is 6.54 Å². The zero-order valence-corrected chi connectivity index (χ0v) is 13.5. The van der Waals surface area contributed by atoms with E-state index >= 15 is 0 Å². The number of nitrogens with one attached hydrogen (secondary N) is 2. The molecule has 8 heteroatoms. The summed E-state index contributed by atoms with van der Waals surface area (Å²) in [5.74, 6) is 2.66. The maximum atomic E-state index is 5.47. The van der Waals surface area contributed by atoms with E-state index in [1.54, 1.807) is 25.4 Å². The number of anilines is 4. The normalized spacial score (nSPS) is 11.9. The second-order valence-electron chi connectivity index (χ2n) is 5.35. The molecule has 0 radical (unpaired) electrons. The Kier molecular flexibility index (Phi) is 3.91. The van der Waals surface area contributed by atoms with Crippen LogP contribution in [-0.4, -0.2) is 33.3 Å². The van der Waals surface area contributed by atoms with Gasteiger partial charge in [-0.1, -0.05) is 0 Å². The van der Waals surface area contributed by atoms with Gasteiger partial charge in [0.1, 0.15) is 35.9 Å². The van der Waals surface area contributed by atoms with Gasteiger partial charge in [0, 0.05) is 18.5 Å². The Labute approximate surface area is 144 Å². The zero-order valence-electron chi connectivity index (χ0n) is 13.5. The predicted molar refractivity (Wildman–Crippen MR) is 94.9 cm³/mol. The topological polar surface area (TPSA) is 97.2 Å². The molecular weight excluding hydrogens is 318 g/mol. The van der Waals surface area contributed by atoms with Gasteiger partial charge in [0.2, 0.25) is 0 Å². The summed E-state index contributed by atoms with van der Waals surface area (Å²) in [5.41, 5.74) is 3.05. The maximum Gasteiger partial charge on any atom is 0.142 e. The second kappa shape index (κ2) is 6.52. The lowest BCUT2D eigenvalue weighted by Gasteiger charge is -2.13. The van der Waals surface area contributed by atoms with Crippen molar-refractivity contribution in [3.8, 4) is 5.75 Å². The highest BCUT2D eigenvalue weighted by molar-refractivity contribution is 5.88. The van der Waals surface area contributed by atoms with Crippen LogP contribution in [0.2, 0.25) is 0 Å². The number of aromatic nitrogens is 4. The maximum absolute atomic E-state index is 5.47. The third kappa shape index (κ3) is 3.23. The molecule has 2 aromatic heterocycles. The van der Waals surface area contributed by atoms with E-state index in [9.17, 15) is 0 Å². The van der Waals surface area contributed by atoms with E-state index in [1.165, 1.54) is 12.7 Å². The van der Waals surface area contributed by atoms with Crippen LogP contribution in [0.4, 0.5) is 23.1 Å². The highest BCUT2D eigenvalue weighted by Gasteiger charge is 2.13. The minimum Gasteiger partial charge on any atom is -0.495 e. The average Bonchev–Trinajstić information content (AvgIpc) is 3.09. The van der Waals surface area contributed by atoms with Crippen LogP contribution >= 0.6 is 0 Å². The number of nitrogens with zero attached hydrogens (tertiary/aromatic N) is 5. The Morgan fingerprint density at radius 2 is 1.80 bits per heavy atom. The Hall–Kier alpha value is -3.55. The molecule has 0 bridgehead atoms. The van der Waals surface area contributed by atoms with Crippen molar-refractivity contribution < 1.29 is 4.74 Å². The standard InChI is InChI=1S/C17H15N7O/c1-25-14-5-12-8-19-7-11(12)4-13(14)23-16-6-17(22-10-21-16)24-15-2-3-18-9-20-15/h2-7,9-10H,8H2,1H3,(H2,18,20,21,22,23,24). The Balaban J connectivity index is 1.59. The molecule has 124 valence electrons. The van der Waals surface area contributed by atoms with Crippen molar-refractivity contribution in [2.24, 2.45) is 4.99 Å². The van der Waals surface area contributed by atoms with Crippen molar-refractivity contribution in [2.45, 2.75) is 6.54 Å². The van der Waals surface area contributed by atoms with E-state index < -0.39 is 0 Å². The molecule has 0 saturated carbocycles. The second-order valence-corrected chi connectivity index (χ2v) is 5.35. The van der Waals surface area contributed by atoms with Crippen molar-refractivity contribution in [1.82, 2.24) is 19.9 Å². The quantitative estimate of drug-likeness (QED) is 0.741. The minimum atomic E-state index is 0.623. The highest BCUT2D eigenvalue weighted by Crippen LogP contribution is 2.32. The molecule has 4 rings (SSSR count). The van der Waals surface area contributed by atoms with Crippen LogP contribution in [0.5, 0.6) is 5.75 Å². The number of hydrogen-bond acceptors (Lipinski definition) is 8. The fraction of sp³-hybridized carbons (Fsp3) is 0.118. The first-order valence-corrected chi connectivity index (χ1v) is 7.64. The first-order valence-electron chi connectivity index (χ1n) is 7.64. The molecule has 0 saturated heterocycles. The van der Waals surface area contributed by atoms with Crippen molar-refractivity contribution in [3.63, 3.8) is 0 Å². The fourth-order valence-corrected chi connectivity index (χ4v) is 2.53. The lowest BCUT2D eigenvalue weighted by molar-refractivity contribution is 0.416. The van der Waals surface area contributed by atoms with Crippen molar-refractivity contribution in [3.05, 3.63) is 54.2 Å². The predicted octanol–water partition coefficient (Wildman–Crippen LogP) is 2.69. The van der Waals surface area contributed by atoms with Crippen molar-refractivity contribution in [2.75, 3.05) is 17.7 Å². The Morgan fingerprint density at radius 3 is 2.60 bits per heavy atom. The van der Waals surface area contributed by atoms with Crippen molar-refractivity contribution in [1.29, 1.82) is 0 Å². The summed E-state index contributed by atoms with van der Waals surface area (Å²) < 4.78 is 5.47. The first kappa shape index (κ1) is 15.0. The molecule has 25 heavy (non-hydrogen) atoms. The molecule has 0 unspecified atom stereocenters. The molecule has 0 spiro atoms. The fourth-order valence-electron chi connectivity index (χ4n) is 2.53. The van der Waals surface area contributed by atoms with E-state index in [4.69, 9.17) is 4.74 Å². The van der Waals surface area contributed by atoms with E-state index in [1.807, 2.05) is 18.3 Å². The molecule has 0 atom stereocenters. The van der Waals surface area contributed by atoms with Crippen LogP contribution in [0.3, 0.4) is 0 Å². The number of methoxy groups -OCH3 is 1. The molecule has 3 aromatic rings. The molecule has 1 aliphatic rings. The number of fused-ring (bicyclic) bond motifs is 1. The molecule has 0 amide bonds. The lowest BCUT2D eigenvalue weighted by atomic mass is 10.1. The summed E-state index contributed by atoms with van der Waals surface area (Å²) in [4.78, 5) is 20.7. The summed E-state index contributed by atoms with van der Waals surface area (Å²) in [6.45, 7) is 0.687. The van der Waals surface area contributed by atoms with Gasteiger partial charge in [0.15, 0.2) is 0 Å². The molecule has 8 nitrogen and oxygen atoms in total. The number of benzene rings is 1. The van der Waals surface area contributed by atoms with Crippen LogP contribution < -0.4 is 15.4 Å². The summed E-state index contributed by atoms with van der Waals surface area (Å²) in [5, 5.41) is 6.37. The molecule has 1 aromatic carbocycles. The van der Waals surface area contributed by atoms with Gasteiger partial charge < -0.3 is 15.4 Å². The van der Waals surface area contributed by atoms with E-state index in [2.05, 4.69) is 35.6 Å². The molecule has 1 aliphatic heterocycles. The largest absolute Gasteiger partial charge is 0.495 e. The summed E-state index contributed by atoms with van der Waals surface area (Å²) in [6.07, 6.45) is 6.47. The minimum absolute atomic E-state index is 0.623. The summed E-state index contributed by atoms with van der Waals surface area (Å²) in [6, 6.07) is 7.55. The molecule has 0 fully saturated rings. The van der Waals surface area contributed by atoms with Crippen LogP contribution in [0.1, 0.15) is 11.1 Å². The molecule has 2 N–H and O–H groups in total. The molecule has 0 aliphatic carbocycles. The van der Waals surface area contributed by atoms with Gasteiger partial charge in [-0.05, 0) is 29.3 Å². The SMILES string of the molecule is COc1cc2c(cc1Nc1cc(Nc3ccncn3)ncn1)C=NC2. The number of hydrogen-bond donors (Lipinski definition) is 2. The first-order chi connectivity index (χ1) is 12.3.